The number of phosphoric acid groups is 1. The summed E-state index contributed by atoms with van der Waals surface area (Å²) >= 11 is 0. The van der Waals surface area contributed by atoms with Gasteiger partial charge in [0.05, 0.1) is 19.8 Å². The molecule has 0 aromatic heterocycles. The standard InChI is InChI=1S/C26H55O4P/c1-5-9-12-15-16-18-20-23-26(22-19-17-13-10-6-2)25-30-31(27,28-8-4)29-24-21-14-11-7-3/h26H,5-25H2,1-4H3. The average Bonchev–Trinajstić information content (AvgIpc) is 2.76. The molecule has 0 N–H and O–H groups in total. The average molecular weight is 463 g/mol. The first kappa shape index (κ1) is 31.1. The van der Waals surface area contributed by atoms with E-state index in [0.29, 0.717) is 25.7 Å². The zero-order chi connectivity index (χ0) is 23.0. The van der Waals surface area contributed by atoms with E-state index < -0.39 is 7.82 Å². The van der Waals surface area contributed by atoms with Crippen LogP contribution in [0.5, 0.6) is 0 Å². The molecule has 0 rings (SSSR count). The summed E-state index contributed by atoms with van der Waals surface area (Å²) in [7, 11) is -3.43. The topological polar surface area (TPSA) is 44.8 Å². The monoisotopic (exact) mass is 462 g/mol. The van der Waals surface area contributed by atoms with Gasteiger partial charge in [0.25, 0.3) is 0 Å². The van der Waals surface area contributed by atoms with Crippen LogP contribution in [0.4, 0.5) is 0 Å². The predicted molar refractivity (Wildman–Crippen MR) is 135 cm³/mol. The number of hydrogen-bond donors (Lipinski definition) is 0. The summed E-state index contributed by atoms with van der Waals surface area (Å²) in [6, 6.07) is 0. The summed E-state index contributed by atoms with van der Waals surface area (Å²) in [5, 5.41) is 0. The van der Waals surface area contributed by atoms with Gasteiger partial charge in [-0.05, 0) is 32.1 Å². The molecule has 0 aromatic carbocycles. The van der Waals surface area contributed by atoms with Gasteiger partial charge in [0, 0.05) is 0 Å². The van der Waals surface area contributed by atoms with Crippen molar-refractivity contribution in [3.63, 3.8) is 0 Å². The van der Waals surface area contributed by atoms with Crippen molar-refractivity contribution >= 4 is 7.82 Å². The molecule has 0 amide bonds. The van der Waals surface area contributed by atoms with Crippen molar-refractivity contribution < 1.29 is 18.1 Å². The van der Waals surface area contributed by atoms with Gasteiger partial charge in [0.1, 0.15) is 0 Å². The van der Waals surface area contributed by atoms with Crippen molar-refractivity contribution in [2.45, 2.75) is 143 Å². The maximum Gasteiger partial charge on any atom is 0.474 e. The lowest BCUT2D eigenvalue weighted by atomic mass is 9.95. The Labute approximate surface area is 195 Å². The summed E-state index contributed by atoms with van der Waals surface area (Å²) in [6.45, 7) is 9.85. The summed E-state index contributed by atoms with van der Waals surface area (Å²) in [6.07, 6.45) is 22.4. The van der Waals surface area contributed by atoms with Crippen LogP contribution in [0.3, 0.4) is 0 Å². The van der Waals surface area contributed by atoms with E-state index in [1.807, 2.05) is 6.92 Å². The fourth-order valence-corrected chi connectivity index (χ4v) is 5.20. The Kier molecular flexibility index (Phi) is 23.4. The minimum Gasteiger partial charge on any atom is -0.287 e. The quantitative estimate of drug-likeness (QED) is 0.1000. The third kappa shape index (κ3) is 20.4. The molecule has 0 radical (unpaired) electrons. The second kappa shape index (κ2) is 23.3. The van der Waals surface area contributed by atoms with E-state index in [1.165, 1.54) is 89.9 Å². The molecule has 5 heteroatoms. The van der Waals surface area contributed by atoms with Gasteiger partial charge in [-0.1, -0.05) is 117 Å². The number of phosphoric ester groups is 1. The highest BCUT2D eigenvalue weighted by Gasteiger charge is 2.27. The smallest absolute Gasteiger partial charge is 0.287 e. The van der Waals surface area contributed by atoms with Crippen molar-refractivity contribution in [3.8, 4) is 0 Å². The van der Waals surface area contributed by atoms with Crippen LogP contribution in [0.15, 0.2) is 0 Å². The largest absolute Gasteiger partial charge is 0.474 e. The molecule has 0 aromatic rings. The zero-order valence-electron chi connectivity index (χ0n) is 21.5. The molecule has 188 valence electrons. The molecule has 0 aliphatic heterocycles. The Morgan fingerprint density at radius 2 is 1.00 bits per heavy atom. The van der Waals surface area contributed by atoms with E-state index in [-0.39, 0.29) is 0 Å². The fourth-order valence-electron chi connectivity index (χ4n) is 3.91. The lowest BCUT2D eigenvalue weighted by Crippen LogP contribution is -2.12. The van der Waals surface area contributed by atoms with Crippen molar-refractivity contribution in [2.75, 3.05) is 19.8 Å². The lowest BCUT2D eigenvalue weighted by molar-refractivity contribution is 0.0977. The van der Waals surface area contributed by atoms with Crippen molar-refractivity contribution in [1.82, 2.24) is 0 Å². The Morgan fingerprint density at radius 3 is 1.48 bits per heavy atom. The van der Waals surface area contributed by atoms with Crippen LogP contribution < -0.4 is 0 Å². The first-order valence-electron chi connectivity index (χ1n) is 13.6. The number of unbranched alkanes of at least 4 members (excludes halogenated alkanes) is 13. The highest BCUT2D eigenvalue weighted by molar-refractivity contribution is 7.48. The molecule has 2 unspecified atom stereocenters. The van der Waals surface area contributed by atoms with Gasteiger partial charge in [0.15, 0.2) is 0 Å². The SMILES string of the molecule is CCCCCCCCCC(CCCCCCC)COP(=O)(OCC)OCCCCCC. The molecule has 4 nitrogen and oxygen atoms in total. The normalized spacial score (nSPS) is 14.6. The molecule has 0 heterocycles. The molecule has 0 spiro atoms. The van der Waals surface area contributed by atoms with Crippen LogP contribution in [0, 0.1) is 5.92 Å². The van der Waals surface area contributed by atoms with Gasteiger partial charge in [-0.15, -0.1) is 0 Å². The van der Waals surface area contributed by atoms with Gasteiger partial charge in [-0.25, -0.2) is 4.57 Å². The van der Waals surface area contributed by atoms with E-state index in [0.717, 1.165) is 25.7 Å². The van der Waals surface area contributed by atoms with Crippen LogP contribution in [-0.4, -0.2) is 19.8 Å². The molecule has 0 aliphatic carbocycles. The van der Waals surface area contributed by atoms with Gasteiger partial charge in [-0.3, -0.25) is 13.6 Å². The maximum absolute atomic E-state index is 13.0. The van der Waals surface area contributed by atoms with Crippen LogP contribution in [-0.2, 0) is 18.1 Å². The van der Waals surface area contributed by atoms with Crippen molar-refractivity contribution in [2.24, 2.45) is 5.92 Å². The van der Waals surface area contributed by atoms with E-state index in [4.69, 9.17) is 13.6 Å². The van der Waals surface area contributed by atoms with Gasteiger partial charge < -0.3 is 0 Å². The van der Waals surface area contributed by atoms with E-state index in [2.05, 4.69) is 20.8 Å². The molecule has 2 atom stereocenters. The summed E-state index contributed by atoms with van der Waals surface area (Å²) in [5.41, 5.74) is 0. The summed E-state index contributed by atoms with van der Waals surface area (Å²) < 4.78 is 29.9. The molecular weight excluding hydrogens is 407 g/mol. The predicted octanol–water partition coefficient (Wildman–Crippen LogP) is 9.86. The maximum atomic E-state index is 13.0. The Balaban J connectivity index is 4.42. The van der Waals surface area contributed by atoms with Gasteiger partial charge >= 0.3 is 7.82 Å². The number of hydrogen-bond acceptors (Lipinski definition) is 4. The fraction of sp³-hybridized carbons (Fsp3) is 1.00. The van der Waals surface area contributed by atoms with Crippen molar-refractivity contribution in [1.29, 1.82) is 0 Å². The van der Waals surface area contributed by atoms with Crippen LogP contribution in [0.1, 0.15) is 143 Å². The van der Waals surface area contributed by atoms with Crippen molar-refractivity contribution in [3.05, 3.63) is 0 Å². The number of rotatable bonds is 25. The highest BCUT2D eigenvalue weighted by Crippen LogP contribution is 2.50. The van der Waals surface area contributed by atoms with E-state index >= 15 is 0 Å². The van der Waals surface area contributed by atoms with Gasteiger partial charge in [-0.2, -0.15) is 0 Å². The summed E-state index contributed by atoms with van der Waals surface area (Å²) in [4.78, 5) is 0. The minimum atomic E-state index is -3.43. The van der Waals surface area contributed by atoms with Crippen LogP contribution in [0.25, 0.3) is 0 Å². The van der Waals surface area contributed by atoms with E-state index in [1.54, 1.807) is 0 Å². The Morgan fingerprint density at radius 1 is 0.548 bits per heavy atom. The molecule has 0 fully saturated rings. The molecule has 0 aliphatic rings. The zero-order valence-corrected chi connectivity index (χ0v) is 22.4. The second-order valence-electron chi connectivity index (χ2n) is 9.03. The second-order valence-corrected chi connectivity index (χ2v) is 10.7. The third-order valence-corrected chi connectivity index (χ3v) is 7.47. The Bertz CT molecular complexity index is 403. The van der Waals surface area contributed by atoms with E-state index in [9.17, 15) is 4.57 Å². The lowest BCUT2D eigenvalue weighted by Gasteiger charge is -2.22. The van der Waals surface area contributed by atoms with Crippen LogP contribution in [0.2, 0.25) is 0 Å². The first-order chi connectivity index (χ1) is 15.1. The highest BCUT2D eigenvalue weighted by atomic mass is 31.2. The minimum absolute atomic E-state index is 0.353. The molecular formula is C26H55O4P. The Hall–Kier alpha value is 0.110. The first-order valence-corrected chi connectivity index (χ1v) is 15.1. The summed E-state index contributed by atoms with van der Waals surface area (Å²) in [5.74, 6) is 0.453. The molecule has 31 heavy (non-hydrogen) atoms. The van der Waals surface area contributed by atoms with Gasteiger partial charge in [0.2, 0.25) is 0 Å². The molecule has 0 saturated carbocycles. The van der Waals surface area contributed by atoms with Crippen LogP contribution >= 0.6 is 7.82 Å². The molecule has 0 saturated heterocycles. The molecule has 0 bridgehead atoms. The third-order valence-electron chi connectivity index (χ3n) is 5.93.